The third-order valence-electron chi connectivity index (χ3n) is 4.50. The molecule has 2 aliphatic heterocycles. The van der Waals surface area contributed by atoms with Crippen molar-refractivity contribution >= 4 is 0 Å². The van der Waals surface area contributed by atoms with Crippen LogP contribution in [0.15, 0.2) is 0 Å². The van der Waals surface area contributed by atoms with E-state index >= 15 is 0 Å². The van der Waals surface area contributed by atoms with Crippen LogP contribution in [0.4, 0.5) is 0 Å². The third-order valence-corrected chi connectivity index (χ3v) is 4.50. The van der Waals surface area contributed by atoms with Crippen molar-refractivity contribution in [1.29, 1.82) is 0 Å². The standard InChI is InChI=1S/C12H22N2/c1-2-4-11(5-3-1)14-9-12(10-14)6-7-13-8-12/h11,13H,1-10H2. The lowest BCUT2D eigenvalue weighted by Crippen LogP contribution is -2.60. The normalized spacial score (nSPS) is 33.4. The summed E-state index contributed by atoms with van der Waals surface area (Å²) in [6, 6.07) is 0.954. The first-order valence-corrected chi connectivity index (χ1v) is 6.33. The molecule has 2 heteroatoms. The number of rotatable bonds is 1. The van der Waals surface area contributed by atoms with E-state index in [4.69, 9.17) is 0 Å². The zero-order chi connectivity index (χ0) is 9.43. The summed E-state index contributed by atoms with van der Waals surface area (Å²) in [5.41, 5.74) is 0.706. The third kappa shape index (κ3) is 1.49. The molecule has 0 radical (unpaired) electrons. The second-order valence-electron chi connectivity index (χ2n) is 5.62. The van der Waals surface area contributed by atoms with Gasteiger partial charge in [-0.3, -0.25) is 4.90 Å². The summed E-state index contributed by atoms with van der Waals surface area (Å²) in [6.07, 6.45) is 8.82. The van der Waals surface area contributed by atoms with Crippen LogP contribution in [0.2, 0.25) is 0 Å². The van der Waals surface area contributed by atoms with Gasteiger partial charge in [0.2, 0.25) is 0 Å². The second-order valence-corrected chi connectivity index (χ2v) is 5.62. The van der Waals surface area contributed by atoms with Gasteiger partial charge in [0.25, 0.3) is 0 Å². The Morgan fingerprint density at radius 1 is 1.07 bits per heavy atom. The fraction of sp³-hybridized carbons (Fsp3) is 1.00. The maximum Gasteiger partial charge on any atom is 0.00957 e. The molecule has 0 aromatic rings. The van der Waals surface area contributed by atoms with E-state index in [9.17, 15) is 0 Å². The molecule has 0 atom stereocenters. The molecule has 1 spiro atoms. The zero-order valence-electron chi connectivity index (χ0n) is 9.10. The number of likely N-dealkylation sites (tertiary alicyclic amines) is 1. The van der Waals surface area contributed by atoms with Crippen molar-refractivity contribution in [3.63, 3.8) is 0 Å². The van der Waals surface area contributed by atoms with Crippen molar-refractivity contribution in [1.82, 2.24) is 10.2 Å². The van der Waals surface area contributed by atoms with Gasteiger partial charge in [-0.1, -0.05) is 19.3 Å². The Bertz CT molecular complexity index is 194. The van der Waals surface area contributed by atoms with E-state index in [0.717, 1.165) is 6.04 Å². The molecule has 0 bridgehead atoms. The van der Waals surface area contributed by atoms with E-state index in [1.165, 1.54) is 64.7 Å². The summed E-state index contributed by atoms with van der Waals surface area (Å²) in [6.45, 7) is 5.34. The Hall–Kier alpha value is -0.0800. The van der Waals surface area contributed by atoms with Gasteiger partial charge in [0, 0.05) is 31.1 Å². The maximum absolute atomic E-state index is 3.51. The average Bonchev–Trinajstić information content (AvgIpc) is 2.65. The second kappa shape index (κ2) is 3.49. The Labute approximate surface area is 87.0 Å². The van der Waals surface area contributed by atoms with Crippen molar-refractivity contribution in [2.45, 2.75) is 44.6 Å². The fourth-order valence-electron chi connectivity index (χ4n) is 3.59. The van der Waals surface area contributed by atoms with Crippen LogP contribution in [-0.2, 0) is 0 Å². The summed E-state index contributed by atoms with van der Waals surface area (Å²) in [5.74, 6) is 0. The van der Waals surface area contributed by atoms with E-state index in [1.807, 2.05) is 0 Å². The summed E-state index contributed by atoms with van der Waals surface area (Å²) >= 11 is 0. The molecule has 2 nitrogen and oxygen atoms in total. The SMILES string of the molecule is C1CCC(N2CC3(CCNC3)C2)CC1. The lowest BCUT2D eigenvalue weighted by molar-refractivity contribution is -0.0283. The summed E-state index contributed by atoms with van der Waals surface area (Å²) < 4.78 is 0. The Kier molecular flexibility index (Phi) is 2.29. The quantitative estimate of drug-likeness (QED) is 0.682. The van der Waals surface area contributed by atoms with Gasteiger partial charge < -0.3 is 5.32 Å². The van der Waals surface area contributed by atoms with Crippen LogP contribution in [0.3, 0.4) is 0 Å². The van der Waals surface area contributed by atoms with E-state index < -0.39 is 0 Å². The molecule has 2 saturated heterocycles. The molecule has 1 saturated carbocycles. The van der Waals surface area contributed by atoms with E-state index in [1.54, 1.807) is 0 Å². The maximum atomic E-state index is 3.51. The molecule has 3 rings (SSSR count). The Morgan fingerprint density at radius 2 is 1.86 bits per heavy atom. The van der Waals surface area contributed by atoms with Gasteiger partial charge in [0.1, 0.15) is 0 Å². The van der Waals surface area contributed by atoms with Crippen LogP contribution < -0.4 is 5.32 Å². The number of nitrogens with one attached hydrogen (secondary N) is 1. The van der Waals surface area contributed by atoms with Crippen LogP contribution in [0.25, 0.3) is 0 Å². The van der Waals surface area contributed by atoms with Gasteiger partial charge in [-0.2, -0.15) is 0 Å². The minimum atomic E-state index is 0.706. The first kappa shape index (κ1) is 9.17. The van der Waals surface area contributed by atoms with E-state index in [0.29, 0.717) is 5.41 Å². The predicted molar refractivity (Wildman–Crippen MR) is 58.4 cm³/mol. The van der Waals surface area contributed by atoms with Crippen molar-refractivity contribution in [3.8, 4) is 0 Å². The first-order chi connectivity index (χ1) is 6.88. The van der Waals surface area contributed by atoms with Gasteiger partial charge in [0.15, 0.2) is 0 Å². The molecule has 1 aliphatic carbocycles. The van der Waals surface area contributed by atoms with Crippen LogP contribution >= 0.6 is 0 Å². The molecule has 0 aromatic heterocycles. The predicted octanol–water partition coefficient (Wildman–Crippen LogP) is 1.61. The molecule has 14 heavy (non-hydrogen) atoms. The van der Waals surface area contributed by atoms with E-state index in [-0.39, 0.29) is 0 Å². The fourth-order valence-corrected chi connectivity index (χ4v) is 3.59. The van der Waals surface area contributed by atoms with Crippen LogP contribution in [0.1, 0.15) is 38.5 Å². The lowest BCUT2D eigenvalue weighted by atomic mass is 9.76. The zero-order valence-corrected chi connectivity index (χ0v) is 9.10. The Balaban J connectivity index is 1.52. The van der Waals surface area contributed by atoms with Gasteiger partial charge >= 0.3 is 0 Å². The number of nitrogens with zero attached hydrogens (tertiary/aromatic N) is 1. The highest BCUT2D eigenvalue weighted by Gasteiger charge is 2.46. The summed E-state index contributed by atoms with van der Waals surface area (Å²) in [4.78, 5) is 2.76. The summed E-state index contributed by atoms with van der Waals surface area (Å²) in [7, 11) is 0. The highest BCUT2D eigenvalue weighted by atomic mass is 15.3. The highest BCUT2D eigenvalue weighted by molar-refractivity contribution is 5.02. The van der Waals surface area contributed by atoms with Crippen LogP contribution in [0, 0.1) is 5.41 Å². The molecule has 2 heterocycles. The van der Waals surface area contributed by atoms with Gasteiger partial charge in [-0.15, -0.1) is 0 Å². The van der Waals surface area contributed by atoms with Crippen molar-refractivity contribution < 1.29 is 0 Å². The molecular weight excluding hydrogens is 172 g/mol. The monoisotopic (exact) mass is 194 g/mol. The van der Waals surface area contributed by atoms with Gasteiger partial charge in [-0.25, -0.2) is 0 Å². The molecule has 0 amide bonds. The topological polar surface area (TPSA) is 15.3 Å². The molecule has 3 fully saturated rings. The Morgan fingerprint density at radius 3 is 2.50 bits per heavy atom. The van der Waals surface area contributed by atoms with Crippen LogP contribution in [-0.4, -0.2) is 37.1 Å². The molecule has 3 aliphatic rings. The number of hydrogen-bond acceptors (Lipinski definition) is 2. The van der Waals surface area contributed by atoms with Crippen LogP contribution in [0.5, 0.6) is 0 Å². The highest BCUT2D eigenvalue weighted by Crippen LogP contribution is 2.39. The molecular formula is C12H22N2. The van der Waals surface area contributed by atoms with E-state index in [2.05, 4.69) is 10.2 Å². The summed E-state index contributed by atoms with van der Waals surface area (Å²) in [5, 5.41) is 3.51. The van der Waals surface area contributed by atoms with Crippen molar-refractivity contribution in [2.75, 3.05) is 26.2 Å². The molecule has 80 valence electrons. The van der Waals surface area contributed by atoms with Gasteiger partial charge in [-0.05, 0) is 25.8 Å². The molecule has 0 unspecified atom stereocenters. The first-order valence-electron chi connectivity index (χ1n) is 6.33. The van der Waals surface area contributed by atoms with Crippen molar-refractivity contribution in [3.05, 3.63) is 0 Å². The molecule has 1 N–H and O–H groups in total. The van der Waals surface area contributed by atoms with Gasteiger partial charge in [0.05, 0.1) is 0 Å². The average molecular weight is 194 g/mol. The molecule has 0 aromatic carbocycles. The lowest BCUT2D eigenvalue weighted by Gasteiger charge is -2.52. The van der Waals surface area contributed by atoms with Crippen molar-refractivity contribution in [2.24, 2.45) is 5.41 Å². The number of hydrogen-bond donors (Lipinski definition) is 1. The smallest absolute Gasteiger partial charge is 0.00957 e. The largest absolute Gasteiger partial charge is 0.316 e. The minimum absolute atomic E-state index is 0.706. The minimum Gasteiger partial charge on any atom is -0.316 e.